The number of carboxylic acids is 1. The molecule has 2 amide bonds. The first-order chi connectivity index (χ1) is 30.3. The third kappa shape index (κ3) is 11.4. The Labute approximate surface area is 376 Å². The average molecular weight is 921 g/mol. The molecule has 5 N–H and O–H groups in total. The number of hydrogen-bond donors (Lipinski definition) is 5. The van der Waals surface area contributed by atoms with Gasteiger partial charge in [-0.2, -0.15) is 0 Å². The van der Waals surface area contributed by atoms with Gasteiger partial charge in [-0.05, 0) is 148 Å². The number of aliphatic carboxylic acids is 1. The Morgan fingerprint density at radius 2 is 1.06 bits per heavy atom. The largest absolute Gasteiger partial charge is 0.496 e. The summed E-state index contributed by atoms with van der Waals surface area (Å²) in [6, 6.07) is 16.5. The number of methoxy groups -OCH3 is 2. The minimum Gasteiger partial charge on any atom is -0.496 e. The third-order valence-electron chi connectivity index (χ3n) is 11.9. The van der Waals surface area contributed by atoms with E-state index in [1.807, 2.05) is 48.5 Å². The molecule has 0 heterocycles. The van der Waals surface area contributed by atoms with Crippen molar-refractivity contribution in [3.63, 3.8) is 0 Å². The lowest BCUT2D eigenvalue weighted by atomic mass is 9.98. The number of aryl methyl sites for hydroxylation is 2. The van der Waals surface area contributed by atoms with Crippen LogP contribution in [0.4, 0.5) is 4.79 Å². The van der Waals surface area contributed by atoms with Crippen LogP contribution in [0.3, 0.4) is 0 Å². The maximum atomic E-state index is 13.8. The molecule has 1 aliphatic carbocycles. The summed E-state index contributed by atoms with van der Waals surface area (Å²) in [5, 5.41) is 15.3. The highest BCUT2D eigenvalue weighted by atomic mass is 32.2. The van der Waals surface area contributed by atoms with E-state index in [2.05, 4.69) is 20.1 Å². The Hall–Kier alpha value is -5.49. The van der Waals surface area contributed by atoms with Crippen LogP contribution in [0.2, 0.25) is 0 Å². The van der Waals surface area contributed by atoms with Crippen LogP contribution in [-0.2, 0) is 34.4 Å². The molecule has 0 saturated carbocycles. The zero-order valence-corrected chi connectivity index (χ0v) is 39.3. The van der Waals surface area contributed by atoms with Crippen molar-refractivity contribution >= 4 is 38.0 Å². The highest BCUT2D eigenvalue weighted by Crippen LogP contribution is 2.44. The van der Waals surface area contributed by atoms with E-state index in [0.29, 0.717) is 44.9 Å². The number of ether oxygens (including phenoxy) is 3. The number of nitrogens with one attached hydrogen (secondary N) is 4. The first-order valence-electron chi connectivity index (χ1n) is 21.3. The van der Waals surface area contributed by atoms with Gasteiger partial charge in [-0.25, -0.2) is 35.9 Å². The number of carbonyl (C=O) groups excluding carboxylic acids is 2. The van der Waals surface area contributed by atoms with E-state index in [0.717, 1.165) is 22.3 Å². The lowest BCUT2D eigenvalue weighted by molar-refractivity contribution is -0.142. The quantitative estimate of drug-likeness (QED) is 0.0528. The smallest absolute Gasteiger partial charge is 0.407 e. The first-order valence-corrected chi connectivity index (χ1v) is 24.2. The molecule has 0 radical (unpaired) electrons. The topological polar surface area (TPSA) is 216 Å². The van der Waals surface area contributed by atoms with E-state index in [1.165, 1.54) is 14.2 Å². The molecule has 64 heavy (non-hydrogen) atoms. The van der Waals surface area contributed by atoms with Crippen molar-refractivity contribution in [3.8, 4) is 22.6 Å². The van der Waals surface area contributed by atoms with Gasteiger partial charge in [0.2, 0.25) is 26.0 Å². The van der Waals surface area contributed by atoms with Crippen LogP contribution in [0, 0.1) is 41.5 Å². The number of unbranched alkanes of at least 4 members (excludes halogenated alkanes) is 2. The molecule has 2 atom stereocenters. The van der Waals surface area contributed by atoms with Gasteiger partial charge in [0.05, 0.1) is 24.0 Å². The molecule has 0 aromatic heterocycles. The maximum absolute atomic E-state index is 13.8. The molecule has 346 valence electrons. The van der Waals surface area contributed by atoms with Crippen LogP contribution < -0.4 is 29.6 Å². The number of alkyl carbamates (subject to hydrolysis) is 1. The van der Waals surface area contributed by atoms with E-state index >= 15 is 0 Å². The zero-order chi connectivity index (χ0) is 46.9. The summed E-state index contributed by atoms with van der Waals surface area (Å²) in [4.78, 5) is 39.9. The fraction of sp³-hybridized carbons (Fsp3) is 0.426. The summed E-state index contributed by atoms with van der Waals surface area (Å²) in [5.74, 6) is -1.14. The summed E-state index contributed by atoms with van der Waals surface area (Å²) in [5.41, 5.74) is 7.68. The summed E-state index contributed by atoms with van der Waals surface area (Å²) in [6.45, 7) is 10.4. The van der Waals surface area contributed by atoms with Crippen LogP contribution in [-0.4, -0.2) is 85.9 Å². The lowest BCUT2D eigenvalue weighted by Crippen LogP contribution is -2.51. The minimum absolute atomic E-state index is 0.0155. The van der Waals surface area contributed by atoms with Crippen molar-refractivity contribution in [2.45, 2.75) is 108 Å². The average Bonchev–Trinajstić information content (AvgIpc) is 3.57. The van der Waals surface area contributed by atoms with Crippen molar-refractivity contribution in [3.05, 3.63) is 105 Å². The number of amides is 2. The van der Waals surface area contributed by atoms with Gasteiger partial charge in [0.1, 0.15) is 30.2 Å². The molecule has 4 aromatic rings. The number of fused-ring (bicyclic) bond motifs is 3. The minimum atomic E-state index is -3.91. The predicted octanol–water partition coefficient (Wildman–Crippen LogP) is 6.63. The van der Waals surface area contributed by atoms with Crippen LogP contribution in [0.5, 0.6) is 11.5 Å². The fourth-order valence-electron chi connectivity index (χ4n) is 8.38. The molecular formula is C47H60N4O11S2. The SMILES string of the molecule is COc1cc(C)c(S(=O)(=O)NCCCC[C@H](NC(=O)[C@H](CCCCNS(=O)(=O)c2c(C)cc(OC)c(C)c2C)NC(=O)OCC2c3ccccc3-c3ccccc32)C(=O)O)c(C)c1C. The molecule has 5 rings (SSSR count). The Morgan fingerprint density at radius 1 is 0.625 bits per heavy atom. The van der Waals surface area contributed by atoms with E-state index in [1.54, 1.807) is 53.7 Å². The third-order valence-corrected chi connectivity index (χ3v) is 15.4. The fourth-order valence-corrected chi connectivity index (χ4v) is 11.6. The monoisotopic (exact) mass is 920 g/mol. The number of carboxylic acid groups (broad SMARTS) is 1. The number of sulfonamides is 2. The zero-order valence-electron chi connectivity index (χ0n) is 37.7. The second kappa shape index (κ2) is 21.5. The van der Waals surface area contributed by atoms with Crippen LogP contribution in [0.15, 0.2) is 70.5 Å². The number of hydrogen-bond acceptors (Lipinski definition) is 10. The standard InChI is InChI=1S/C47H60N4O11S2/c1-28-25-41(60-7)30(3)32(5)43(28)63(56,57)48-23-15-13-21-39(51-47(55)62-27-38-36-19-11-9-17-34(36)35-18-10-12-20-37(35)38)45(52)50-40(46(53)54)22-14-16-24-49-64(58,59)44-29(2)26-42(61-8)31(4)33(44)6/h9-12,17-20,25-26,38-40,48-49H,13-16,21-24,27H2,1-8H3,(H,50,52)(H,51,55)(H,53,54)/t39-,40-/m0/s1. The van der Waals surface area contributed by atoms with Gasteiger partial charge in [-0.15, -0.1) is 0 Å². The molecule has 0 unspecified atom stereocenters. The summed E-state index contributed by atoms with van der Waals surface area (Å²) < 4.78 is 75.1. The number of carbonyl (C=O) groups is 3. The van der Waals surface area contributed by atoms with Gasteiger partial charge in [-0.1, -0.05) is 48.5 Å². The van der Waals surface area contributed by atoms with Crippen LogP contribution >= 0.6 is 0 Å². The van der Waals surface area contributed by atoms with Gasteiger partial charge in [0, 0.05) is 19.0 Å². The summed E-state index contributed by atoms with van der Waals surface area (Å²) >= 11 is 0. The molecule has 0 bridgehead atoms. The Kier molecular flexibility index (Phi) is 16.6. The number of rotatable bonds is 22. The van der Waals surface area contributed by atoms with Gasteiger partial charge >= 0.3 is 12.1 Å². The Morgan fingerprint density at radius 3 is 1.50 bits per heavy atom. The summed E-state index contributed by atoms with van der Waals surface area (Å²) in [6.07, 6.45) is 0.223. The molecule has 0 saturated heterocycles. The molecule has 1 aliphatic rings. The molecule has 4 aromatic carbocycles. The lowest BCUT2D eigenvalue weighted by Gasteiger charge is -2.22. The van der Waals surface area contributed by atoms with E-state index in [-0.39, 0.29) is 73.9 Å². The highest BCUT2D eigenvalue weighted by molar-refractivity contribution is 7.90. The predicted molar refractivity (Wildman–Crippen MR) is 244 cm³/mol. The van der Waals surface area contributed by atoms with Crippen LogP contribution in [0.1, 0.15) is 89.0 Å². The van der Waals surface area contributed by atoms with Gasteiger partial charge in [0.25, 0.3) is 0 Å². The molecule has 17 heteroatoms. The van der Waals surface area contributed by atoms with Crippen molar-refractivity contribution in [1.82, 2.24) is 20.1 Å². The van der Waals surface area contributed by atoms with Gasteiger partial charge < -0.3 is 30.0 Å². The molecule has 0 spiro atoms. The normalized spacial score (nSPS) is 13.4. The maximum Gasteiger partial charge on any atom is 0.407 e. The van der Waals surface area contributed by atoms with Crippen molar-refractivity contribution < 1.29 is 50.5 Å². The first kappa shape index (κ1) is 49.5. The van der Waals surface area contributed by atoms with Crippen molar-refractivity contribution in [1.29, 1.82) is 0 Å². The van der Waals surface area contributed by atoms with E-state index in [9.17, 15) is 36.3 Å². The number of benzene rings is 4. The van der Waals surface area contributed by atoms with E-state index in [4.69, 9.17) is 14.2 Å². The highest BCUT2D eigenvalue weighted by Gasteiger charge is 2.31. The van der Waals surface area contributed by atoms with Crippen molar-refractivity contribution in [2.24, 2.45) is 0 Å². The molecule has 15 nitrogen and oxygen atoms in total. The van der Waals surface area contributed by atoms with Crippen LogP contribution in [0.25, 0.3) is 11.1 Å². The Bertz CT molecular complexity index is 2550. The summed E-state index contributed by atoms with van der Waals surface area (Å²) in [7, 11) is -4.77. The molecular weight excluding hydrogens is 861 g/mol. The molecule has 0 aliphatic heterocycles. The Balaban J connectivity index is 1.22. The van der Waals surface area contributed by atoms with Gasteiger partial charge in [-0.3, -0.25) is 4.79 Å². The second-order valence-corrected chi connectivity index (χ2v) is 19.6. The van der Waals surface area contributed by atoms with Crippen molar-refractivity contribution in [2.75, 3.05) is 33.9 Å². The van der Waals surface area contributed by atoms with Gasteiger partial charge in [0.15, 0.2) is 0 Å². The second-order valence-electron chi connectivity index (χ2n) is 16.2. The van der Waals surface area contributed by atoms with E-state index < -0.39 is 50.1 Å². The molecule has 0 fully saturated rings.